The first-order valence-electron chi connectivity index (χ1n) is 25.8. The van der Waals surface area contributed by atoms with Crippen molar-refractivity contribution in [3.63, 3.8) is 0 Å². The Kier molecular flexibility index (Phi) is 15.3. The summed E-state index contributed by atoms with van der Waals surface area (Å²) < 4.78 is 0. The minimum atomic E-state index is 0.169. The maximum absolute atomic E-state index is 2.38. The maximum Gasteiger partial charge on any atom is -0.00134 e. The van der Waals surface area contributed by atoms with E-state index in [1.54, 1.807) is 0 Å². The first kappa shape index (κ1) is 49.4. The Morgan fingerprint density at radius 1 is 0.343 bits per heavy atom. The summed E-state index contributed by atoms with van der Waals surface area (Å²) >= 11 is 0. The normalized spacial score (nSPS) is 11.7. The van der Waals surface area contributed by atoms with Gasteiger partial charge in [-0.2, -0.15) is 0 Å². The van der Waals surface area contributed by atoms with Gasteiger partial charge in [0.15, 0.2) is 0 Å². The van der Waals surface area contributed by atoms with Crippen LogP contribution in [0.4, 0.5) is 0 Å². The van der Waals surface area contributed by atoms with Gasteiger partial charge in [-0.25, -0.2) is 0 Å². The van der Waals surface area contributed by atoms with Gasteiger partial charge in [0.2, 0.25) is 0 Å². The molecule has 1 aliphatic carbocycles. The van der Waals surface area contributed by atoms with Crippen molar-refractivity contribution in [2.45, 2.75) is 106 Å². The Hall–Kier alpha value is -7.02. The number of hydrogen-bond donors (Lipinski definition) is 0. The van der Waals surface area contributed by atoms with E-state index in [0.29, 0.717) is 17.8 Å². The van der Waals surface area contributed by atoms with Crippen molar-refractivity contribution < 1.29 is 0 Å². The lowest BCUT2D eigenvalue weighted by Gasteiger charge is -2.23. The van der Waals surface area contributed by atoms with Crippen LogP contribution in [0.15, 0.2) is 206 Å². The molecule has 0 amide bonds. The topological polar surface area (TPSA) is 0 Å². The lowest BCUT2D eigenvalue weighted by molar-refractivity contribution is 0.596. The highest BCUT2D eigenvalue weighted by Gasteiger charge is 2.20. The van der Waals surface area contributed by atoms with Crippen LogP contribution in [-0.2, 0) is 11.8 Å². The molecule has 70 heavy (non-hydrogen) atoms. The minimum Gasteiger partial charge on any atom is -0.0683 e. The van der Waals surface area contributed by atoms with Crippen LogP contribution < -0.4 is 0 Å². The predicted octanol–water partition coefficient (Wildman–Crippen LogP) is 20.9. The monoisotopic (exact) mass is 913 g/mol. The molecule has 0 unspecified atom stereocenters. The van der Waals surface area contributed by atoms with Gasteiger partial charge >= 0.3 is 0 Å². The second kappa shape index (κ2) is 21.7. The molecular formula is C70H72. The number of benzene rings is 11. The van der Waals surface area contributed by atoms with Crippen molar-refractivity contribution in [3.05, 3.63) is 240 Å². The van der Waals surface area contributed by atoms with E-state index in [4.69, 9.17) is 0 Å². The Bertz CT molecular complexity index is 3400. The Labute approximate surface area is 419 Å². The summed E-state index contributed by atoms with van der Waals surface area (Å²) in [5.41, 5.74) is 14.3. The van der Waals surface area contributed by atoms with Gasteiger partial charge in [-0.1, -0.05) is 276 Å². The van der Waals surface area contributed by atoms with Gasteiger partial charge in [0, 0.05) is 0 Å². The van der Waals surface area contributed by atoms with E-state index in [1.165, 1.54) is 109 Å². The molecule has 0 saturated carbocycles. The fourth-order valence-electron chi connectivity index (χ4n) is 10.3. The maximum atomic E-state index is 2.38. The summed E-state index contributed by atoms with van der Waals surface area (Å²) in [6.07, 6.45) is 1.10. The zero-order valence-corrected chi connectivity index (χ0v) is 43.6. The predicted molar refractivity (Wildman–Crippen MR) is 310 cm³/mol. The molecule has 0 nitrogen and oxygen atoms in total. The fraction of sp³-hybridized carbons (Fsp3) is 0.229. The second-order valence-corrected chi connectivity index (χ2v) is 20.7. The third-order valence-corrected chi connectivity index (χ3v) is 13.9. The van der Waals surface area contributed by atoms with E-state index in [-0.39, 0.29) is 5.41 Å². The summed E-state index contributed by atoms with van der Waals surface area (Å²) in [5.74, 6) is 1.77. The zero-order valence-electron chi connectivity index (χ0n) is 43.6. The highest BCUT2D eigenvalue weighted by atomic mass is 14.2. The molecule has 0 heterocycles. The van der Waals surface area contributed by atoms with Crippen molar-refractivity contribution >= 4 is 53.9 Å². The molecule has 0 fully saturated rings. The van der Waals surface area contributed by atoms with Crippen LogP contribution >= 0.6 is 0 Å². The third kappa shape index (κ3) is 10.6. The third-order valence-electron chi connectivity index (χ3n) is 13.9. The van der Waals surface area contributed by atoms with E-state index in [1.807, 2.05) is 19.9 Å². The molecule has 0 aromatic heterocycles. The Morgan fingerprint density at radius 2 is 0.829 bits per heavy atom. The van der Waals surface area contributed by atoms with E-state index in [9.17, 15) is 0 Å². The number of rotatable bonds is 4. The fourth-order valence-corrected chi connectivity index (χ4v) is 10.3. The molecule has 0 saturated heterocycles. The van der Waals surface area contributed by atoms with E-state index >= 15 is 0 Å². The summed E-state index contributed by atoms with van der Waals surface area (Å²) in [6, 6.07) is 74.8. The van der Waals surface area contributed by atoms with Crippen molar-refractivity contribution in [3.8, 4) is 22.3 Å². The van der Waals surface area contributed by atoms with Gasteiger partial charge in [0.25, 0.3) is 0 Å². The first-order valence-corrected chi connectivity index (χ1v) is 25.8. The van der Waals surface area contributed by atoms with E-state index in [0.717, 1.165) is 6.42 Å². The van der Waals surface area contributed by atoms with Gasteiger partial charge in [-0.15, -0.1) is 0 Å². The Morgan fingerprint density at radius 3 is 1.43 bits per heavy atom. The van der Waals surface area contributed by atoms with Crippen molar-refractivity contribution in [2.24, 2.45) is 0 Å². The van der Waals surface area contributed by atoms with Crippen molar-refractivity contribution in [2.75, 3.05) is 0 Å². The molecule has 0 heteroatoms. The highest BCUT2D eigenvalue weighted by molar-refractivity contribution is 6.23. The second-order valence-electron chi connectivity index (χ2n) is 20.7. The molecule has 11 aromatic carbocycles. The van der Waals surface area contributed by atoms with Crippen LogP contribution in [0.5, 0.6) is 0 Å². The number of fused-ring (bicyclic) bond motifs is 5. The smallest absolute Gasteiger partial charge is 0.00134 e. The van der Waals surface area contributed by atoms with Gasteiger partial charge in [-0.05, 0) is 145 Å². The highest BCUT2D eigenvalue weighted by Crippen LogP contribution is 2.40. The molecule has 12 rings (SSSR count). The standard InChI is InChI=1S/C20H18.C17H16.C16H16.C15H16.C2H6/c1-20(2,3)17-12-10-15-8-7-13-5-4-6-14-9-11-16(17)19(15)18(13)14;1-12(2)17-15-9-5-3-7-13(15)11-14-8-4-6-10-16(14)17;1-11(2)12-7-8-16-14(9-12)10-13-5-3-4-6-15(13)16;1-12(2)13-8-10-15(11-9-13)14-6-4-3-5-7-14;1-2/h4-12H,1-3H3;3-12H,1-2H3;3-9,11H,10H2,1-2H3;3-12H,1-2H3;1-2H3. The molecular weight excluding hydrogens is 841 g/mol. The van der Waals surface area contributed by atoms with Crippen LogP contribution in [0.3, 0.4) is 0 Å². The number of hydrogen-bond acceptors (Lipinski definition) is 0. The molecule has 1 aliphatic rings. The molecule has 0 bridgehead atoms. The van der Waals surface area contributed by atoms with Crippen molar-refractivity contribution in [1.82, 2.24) is 0 Å². The summed E-state index contributed by atoms with van der Waals surface area (Å²) in [6.45, 7) is 24.4. The van der Waals surface area contributed by atoms with Gasteiger partial charge < -0.3 is 0 Å². The zero-order chi connectivity index (χ0) is 49.5. The van der Waals surface area contributed by atoms with Crippen LogP contribution in [-0.4, -0.2) is 0 Å². The van der Waals surface area contributed by atoms with Gasteiger partial charge in [0.1, 0.15) is 0 Å². The van der Waals surface area contributed by atoms with Crippen LogP contribution in [0.1, 0.15) is 127 Å². The lowest BCUT2D eigenvalue weighted by Crippen LogP contribution is -2.11. The van der Waals surface area contributed by atoms with Gasteiger partial charge in [0.05, 0.1) is 0 Å². The summed E-state index contributed by atoms with van der Waals surface area (Å²) in [4.78, 5) is 0. The first-order chi connectivity index (χ1) is 33.9. The Balaban J connectivity index is 0.000000125. The average Bonchev–Trinajstić information content (AvgIpc) is 3.76. The van der Waals surface area contributed by atoms with Crippen LogP contribution in [0, 0.1) is 0 Å². The lowest BCUT2D eigenvalue weighted by atomic mass is 9.81. The molecule has 0 atom stereocenters. The SMILES string of the molecule is CC.CC(C)(C)c1ccc2ccc3cccc4ccc1c2c34.CC(C)c1c2ccccc2cc2ccccc12.CC(C)c1ccc(-c2ccccc2)cc1.CC(C)c1ccc2c(c1)Cc1ccccc1-2. The molecule has 11 aromatic rings. The molecule has 0 spiro atoms. The summed E-state index contributed by atoms with van der Waals surface area (Å²) in [5, 5.41) is 13.7. The molecule has 352 valence electrons. The van der Waals surface area contributed by atoms with E-state index in [2.05, 4.69) is 263 Å². The largest absolute Gasteiger partial charge is 0.0683 e. The average molecular weight is 913 g/mol. The van der Waals surface area contributed by atoms with Crippen molar-refractivity contribution in [1.29, 1.82) is 0 Å². The molecule has 0 N–H and O–H groups in total. The molecule has 0 radical (unpaired) electrons. The molecule has 0 aliphatic heterocycles. The quantitative estimate of drug-likeness (QED) is 0.122. The van der Waals surface area contributed by atoms with Gasteiger partial charge in [-0.3, -0.25) is 0 Å². The summed E-state index contributed by atoms with van der Waals surface area (Å²) in [7, 11) is 0. The van der Waals surface area contributed by atoms with Crippen LogP contribution in [0.2, 0.25) is 0 Å². The van der Waals surface area contributed by atoms with Crippen LogP contribution in [0.25, 0.3) is 76.1 Å². The minimum absolute atomic E-state index is 0.169. The van der Waals surface area contributed by atoms with E-state index < -0.39 is 0 Å².